The Labute approximate surface area is 179 Å². The number of carbonyl (C=O) groups excluding carboxylic acids is 1. The molecule has 0 spiro atoms. The molecule has 0 radical (unpaired) electrons. The van der Waals surface area contributed by atoms with Gasteiger partial charge >= 0.3 is 0 Å². The Bertz CT molecular complexity index is 822. The van der Waals surface area contributed by atoms with Crippen molar-refractivity contribution in [3.8, 4) is 11.1 Å². The highest BCUT2D eigenvalue weighted by Gasteiger charge is 2.43. The average Bonchev–Trinajstić information content (AvgIpc) is 2.73. The van der Waals surface area contributed by atoms with Crippen LogP contribution in [0.15, 0.2) is 48.5 Å². The number of nitrogens with one attached hydrogen (secondary N) is 1. The molecule has 0 aliphatic carbocycles. The Hall–Kier alpha value is -1.88. The number of carbonyl (C=O) groups is 1. The van der Waals surface area contributed by atoms with Crippen molar-refractivity contribution < 1.29 is 9.90 Å². The lowest BCUT2D eigenvalue weighted by Gasteiger charge is -2.47. The van der Waals surface area contributed by atoms with Gasteiger partial charge in [-0.15, -0.1) is 12.4 Å². The largest absolute Gasteiger partial charge is 0.389 e. The third-order valence-electron chi connectivity index (χ3n) is 6.39. The molecule has 2 saturated heterocycles. The molecule has 2 aromatic carbocycles. The molecule has 2 fully saturated rings. The van der Waals surface area contributed by atoms with Crippen LogP contribution >= 0.6 is 12.4 Å². The first-order valence-corrected chi connectivity index (χ1v) is 10.5. The quantitative estimate of drug-likeness (QED) is 0.797. The molecule has 0 bridgehead atoms. The van der Waals surface area contributed by atoms with Crippen LogP contribution in [0.5, 0.6) is 0 Å². The Morgan fingerprint density at radius 1 is 1.10 bits per heavy atom. The molecule has 0 aromatic heterocycles. The summed E-state index contributed by atoms with van der Waals surface area (Å²) in [5.74, 6) is 0.192. The van der Waals surface area contributed by atoms with Crippen LogP contribution in [-0.2, 0) is 6.42 Å². The topological polar surface area (TPSA) is 52.6 Å². The fourth-order valence-corrected chi connectivity index (χ4v) is 4.55. The Kier molecular flexibility index (Phi) is 6.99. The Balaban J connectivity index is 0.00000240. The van der Waals surface area contributed by atoms with Gasteiger partial charge in [-0.25, -0.2) is 0 Å². The van der Waals surface area contributed by atoms with Gasteiger partial charge in [0, 0.05) is 31.1 Å². The van der Waals surface area contributed by atoms with Crippen LogP contribution in [0.3, 0.4) is 0 Å². The fourth-order valence-electron chi connectivity index (χ4n) is 4.55. The van der Waals surface area contributed by atoms with E-state index in [9.17, 15) is 9.90 Å². The van der Waals surface area contributed by atoms with Crippen molar-refractivity contribution in [2.24, 2.45) is 5.92 Å². The predicted molar refractivity (Wildman–Crippen MR) is 120 cm³/mol. The molecule has 1 amide bonds. The lowest BCUT2D eigenvalue weighted by atomic mass is 9.76. The Morgan fingerprint density at radius 3 is 2.41 bits per heavy atom. The highest BCUT2D eigenvalue weighted by Crippen LogP contribution is 2.33. The second kappa shape index (κ2) is 9.29. The molecule has 5 heteroatoms. The molecule has 2 heterocycles. The maximum atomic E-state index is 13.0. The molecule has 4 rings (SSSR count). The van der Waals surface area contributed by atoms with E-state index in [4.69, 9.17) is 0 Å². The van der Waals surface area contributed by atoms with Gasteiger partial charge in [-0.3, -0.25) is 4.79 Å². The van der Waals surface area contributed by atoms with Gasteiger partial charge < -0.3 is 15.3 Å². The molecule has 0 unspecified atom stereocenters. The van der Waals surface area contributed by atoms with E-state index >= 15 is 0 Å². The second-order valence-electron chi connectivity index (χ2n) is 8.28. The maximum Gasteiger partial charge on any atom is 0.253 e. The third kappa shape index (κ3) is 4.66. The van der Waals surface area contributed by atoms with Gasteiger partial charge in [0.15, 0.2) is 0 Å². The molecular formula is C24H31ClN2O2. The number of piperidine rings is 2. The molecule has 2 aromatic rings. The van der Waals surface area contributed by atoms with E-state index in [-0.39, 0.29) is 24.2 Å². The Morgan fingerprint density at radius 2 is 1.76 bits per heavy atom. The fraction of sp³-hybridized carbons (Fsp3) is 0.458. The van der Waals surface area contributed by atoms with Crippen molar-refractivity contribution >= 4 is 18.3 Å². The van der Waals surface area contributed by atoms with Crippen LogP contribution in [0.1, 0.15) is 42.1 Å². The highest BCUT2D eigenvalue weighted by molar-refractivity contribution is 5.94. The number of rotatable bonds is 4. The predicted octanol–water partition coefficient (Wildman–Crippen LogP) is 3.91. The molecule has 2 aliphatic rings. The van der Waals surface area contributed by atoms with E-state index in [1.807, 2.05) is 29.2 Å². The monoisotopic (exact) mass is 414 g/mol. The van der Waals surface area contributed by atoms with E-state index in [2.05, 4.69) is 36.5 Å². The summed E-state index contributed by atoms with van der Waals surface area (Å²) >= 11 is 0. The maximum absolute atomic E-state index is 13.0. The second-order valence-corrected chi connectivity index (χ2v) is 8.28. The minimum Gasteiger partial charge on any atom is -0.389 e. The van der Waals surface area contributed by atoms with Gasteiger partial charge in [0.1, 0.15) is 0 Å². The molecule has 29 heavy (non-hydrogen) atoms. The van der Waals surface area contributed by atoms with Crippen LogP contribution in [-0.4, -0.2) is 47.7 Å². The summed E-state index contributed by atoms with van der Waals surface area (Å²) in [6, 6.07) is 16.6. The molecular weight excluding hydrogens is 384 g/mol. The van der Waals surface area contributed by atoms with Crippen molar-refractivity contribution in [2.45, 2.75) is 38.2 Å². The molecule has 4 nitrogen and oxygen atoms in total. The summed E-state index contributed by atoms with van der Waals surface area (Å²) in [5.41, 5.74) is 3.79. The summed E-state index contributed by atoms with van der Waals surface area (Å²) < 4.78 is 0. The van der Waals surface area contributed by atoms with Crippen LogP contribution in [0.25, 0.3) is 11.1 Å². The van der Waals surface area contributed by atoms with Crippen molar-refractivity contribution in [3.05, 3.63) is 59.7 Å². The van der Waals surface area contributed by atoms with E-state index < -0.39 is 5.60 Å². The van der Waals surface area contributed by atoms with E-state index in [0.29, 0.717) is 19.5 Å². The van der Waals surface area contributed by atoms with Gasteiger partial charge in [-0.1, -0.05) is 49.7 Å². The van der Waals surface area contributed by atoms with Crippen LogP contribution in [0, 0.1) is 5.92 Å². The summed E-state index contributed by atoms with van der Waals surface area (Å²) in [6.07, 6.45) is 3.72. The van der Waals surface area contributed by atoms with Gasteiger partial charge in [0.2, 0.25) is 0 Å². The first-order valence-electron chi connectivity index (χ1n) is 10.5. The number of aryl methyl sites for hydroxylation is 1. The van der Waals surface area contributed by atoms with E-state index in [0.717, 1.165) is 43.5 Å². The molecule has 156 valence electrons. The van der Waals surface area contributed by atoms with Crippen molar-refractivity contribution in [3.63, 3.8) is 0 Å². The summed E-state index contributed by atoms with van der Waals surface area (Å²) in [5, 5.41) is 14.1. The number of halogens is 1. The van der Waals surface area contributed by atoms with E-state index in [1.165, 1.54) is 11.1 Å². The molecule has 2 N–H and O–H groups in total. The van der Waals surface area contributed by atoms with Crippen molar-refractivity contribution in [1.82, 2.24) is 10.2 Å². The van der Waals surface area contributed by atoms with Gasteiger partial charge in [0.05, 0.1) is 5.60 Å². The molecule has 2 atom stereocenters. The number of aliphatic hydroxyl groups is 1. The minimum absolute atomic E-state index is 0. The highest BCUT2D eigenvalue weighted by atomic mass is 35.5. The van der Waals surface area contributed by atoms with Crippen LogP contribution < -0.4 is 5.32 Å². The SMILES string of the molecule is CCCc1ccc(-c2ccc(C(=O)N3CC[C@@]4(O)CCNC[C@H]4C3)cc2)cc1.Cl. The van der Waals surface area contributed by atoms with Crippen molar-refractivity contribution in [1.29, 1.82) is 0 Å². The van der Waals surface area contributed by atoms with E-state index in [1.54, 1.807) is 0 Å². The first kappa shape index (κ1) is 21.8. The normalized spacial score (nSPS) is 23.8. The number of hydrogen-bond acceptors (Lipinski definition) is 3. The van der Waals surface area contributed by atoms with Gasteiger partial charge in [-0.2, -0.15) is 0 Å². The van der Waals surface area contributed by atoms with Crippen LogP contribution in [0.2, 0.25) is 0 Å². The third-order valence-corrected chi connectivity index (χ3v) is 6.39. The number of benzene rings is 2. The van der Waals surface area contributed by atoms with Crippen molar-refractivity contribution in [2.75, 3.05) is 26.2 Å². The minimum atomic E-state index is -0.601. The summed E-state index contributed by atoms with van der Waals surface area (Å²) in [4.78, 5) is 14.9. The van der Waals surface area contributed by atoms with Gasteiger partial charge in [-0.05, 0) is 54.6 Å². The smallest absolute Gasteiger partial charge is 0.253 e. The number of hydrogen-bond donors (Lipinski definition) is 2. The zero-order valence-electron chi connectivity index (χ0n) is 17.1. The number of likely N-dealkylation sites (tertiary alicyclic amines) is 1. The first-order chi connectivity index (χ1) is 13.6. The molecule has 0 saturated carbocycles. The summed E-state index contributed by atoms with van der Waals surface area (Å²) in [6.45, 7) is 5.10. The van der Waals surface area contributed by atoms with Crippen LogP contribution in [0.4, 0.5) is 0 Å². The zero-order chi connectivity index (χ0) is 19.6. The lowest BCUT2D eigenvalue weighted by Crippen LogP contribution is -2.59. The number of nitrogens with zero attached hydrogens (tertiary/aromatic N) is 1. The standard InChI is InChI=1S/C24H30N2O2.ClH/c1-2-3-18-4-6-19(7-5-18)20-8-10-21(11-9-20)23(27)26-15-13-24(28)12-14-25-16-22(24)17-26;/h4-11,22,25,28H,2-3,12-17H2,1H3;1H/t22-,24-;/m0./s1. The molecule has 2 aliphatic heterocycles. The average molecular weight is 415 g/mol. The van der Waals surface area contributed by atoms with Gasteiger partial charge in [0.25, 0.3) is 5.91 Å². The summed E-state index contributed by atoms with van der Waals surface area (Å²) in [7, 11) is 0. The number of fused-ring (bicyclic) bond motifs is 1. The lowest BCUT2D eigenvalue weighted by molar-refractivity contribution is -0.0817. The zero-order valence-corrected chi connectivity index (χ0v) is 17.9. The number of amides is 1.